The van der Waals surface area contributed by atoms with Crippen LogP contribution in [0.25, 0.3) is 0 Å². The second-order valence-electron chi connectivity index (χ2n) is 11.8. The van der Waals surface area contributed by atoms with Gasteiger partial charge in [0.1, 0.15) is 24.1 Å². The van der Waals surface area contributed by atoms with Crippen LogP contribution < -0.4 is 14.4 Å². The summed E-state index contributed by atoms with van der Waals surface area (Å²) in [7, 11) is -4.16. The molecule has 8 nitrogen and oxygen atoms in total. The minimum Gasteiger partial charge on any atom is -0.457 e. The van der Waals surface area contributed by atoms with Gasteiger partial charge in [0.15, 0.2) is 0 Å². The van der Waals surface area contributed by atoms with E-state index in [4.69, 9.17) is 4.74 Å². The third-order valence-corrected chi connectivity index (χ3v) is 10.1. The number of benzene rings is 4. The van der Waals surface area contributed by atoms with Crippen LogP contribution in [0.4, 0.5) is 5.69 Å². The van der Waals surface area contributed by atoms with Crippen LogP contribution in [-0.4, -0.2) is 43.8 Å². The summed E-state index contributed by atoms with van der Waals surface area (Å²) in [6.45, 7) is 3.34. The molecular formula is C37H41N3O5S. The number of sulfonamides is 1. The third kappa shape index (κ3) is 8.34. The van der Waals surface area contributed by atoms with E-state index < -0.39 is 28.5 Å². The average Bonchev–Trinajstić information content (AvgIpc) is 3.08. The average molecular weight is 640 g/mol. The van der Waals surface area contributed by atoms with Crippen LogP contribution in [0.1, 0.15) is 50.2 Å². The van der Waals surface area contributed by atoms with E-state index in [-0.39, 0.29) is 23.4 Å². The van der Waals surface area contributed by atoms with Gasteiger partial charge in [-0.05, 0) is 80.8 Å². The number of anilines is 1. The van der Waals surface area contributed by atoms with E-state index in [1.54, 1.807) is 49.4 Å². The predicted molar refractivity (Wildman–Crippen MR) is 180 cm³/mol. The first-order valence-electron chi connectivity index (χ1n) is 15.8. The second-order valence-corrected chi connectivity index (χ2v) is 13.6. The maximum Gasteiger partial charge on any atom is 0.264 e. The van der Waals surface area contributed by atoms with E-state index in [2.05, 4.69) is 5.32 Å². The highest BCUT2D eigenvalue weighted by Gasteiger charge is 2.33. The Morgan fingerprint density at radius 1 is 0.804 bits per heavy atom. The topological polar surface area (TPSA) is 96.0 Å². The van der Waals surface area contributed by atoms with E-state index in [1.165, 1.54) is 17.0 Å². The zero-order valence-electron chi connectivity index (χ0n) is 26.3. The summed E-state index contributed by atoms with van der Waals surface area (Å²) < 4.78 is 35.2. The molecule has 1 aliphatic carbocycles. The molecule has 0 saturated heterocycles. The normalized spacial score (nSPS) is 14.2. The summed E-state index contributed by atoms with van der Waals surface area (Å²) in [6.07, 6.45) is 5.11. The summed E-state index contributed by atoms with van der Waals surface area (Å²) in [4.78, 5) is 29.3. The number of rotatable bonds is 12. The summed E-state index contributed by atoms with van der Waals surface area (Å²) in [6, 6.07) is 30.9. The molecule has 1 atom stereocenters. The van der Waals surface area contributed by atoms with Crippen molar-refractivity contribution in [2.75, 3.05) is 10.8 Å². The number of ether oxygens (including phenoxy) is 1. The predicted octanol–water partition coefficient (Wildman–Crippen LogP) is 6.85. The van der Waals surface area contributed by atoms with E-state index in [1.807, 2.05) is 61.5 Å². The Hall–Kier alpha value is -4.63. The number of para-hydroxylation sites is 1. The molecule has 0 unspecified atom stereocenters. The van der Waals surface area contributed by atoms with Crippen molar-refractivity contribution < 1.29 is 22.7 Å². The molecule has 0 spiro atoms. The smallest absolute Gasteiger partial charge is 0.264 e. The highest BCUT2D eigenvalue weighted by Crippen LogP contribution is 2.29. The first kappa shape index (κ1) is 32.8. The molecule has 4 aromatic carbocycles. The molecule has 1 aliphatic rings. The summed E-state index contributed by atoms with van der Waals surface area (Å²) >= 11 is 0. The lowest BCUT2D eigenvalue weighted by atomic mass is 9.95. The fraction of sp³-hybridized carbons (Fsp3) is 0.297. The number of hydrogen-bond donors (Lipinski definition) is 1. The fourth-order valence-electron chi connectivity index (χ4n) is 5.60. The van der Waals surface area contributed by atoms with Crippen molar-refractivity contribution >= 4 is 27.5 Å². The molecular weight excluding hydrogens is 598 g/mol. The van der Waals surface area contributed by atoms with Crippen LogP contribution in [0.5, 0.6) is 11.5 Å². The molecule has 1 N–H and O–H groups in total. The maximum atomic E-state index is 14.2. The van der Waals surface area contributed by atoms with Crippen molar-refractivity contribution in [2.45, 2.75) is 69.5 Å². The van der Waals surface area contributed by atoms with Gasteiger partial charge in [0, 0.05) is 12.6 Å². The lowest BCUT2D eigenvalue weighted by Gasteiger charge is -2.33. The molecule has 0 heterocycles. The zero-order chi connectivity index (χ0) is 32.5. The number of carbonyl (C=O) groups is 2. The van der Waals surface area contributed by atoms with Gasteiger partial charge in [-0.15, -0.1) is 0 Å². The minimum atomic E-state index is -4.16. The highest BCUT2D eigenvalue weighted by molar-refractivity contribution is 7.92. The van der Waals surface area contributed by atoms with Crippen LogP contribution in [0.15, 0.2) is 114 Å². The summed E-state index contributed by atoms with van der Waals surface area (Å²) in [5.74, 6) is 0.432. The summed E-state index contributed by atoms with van der Waals surface area (Å²) in [5.41, 5.74) is 2.22. The number of nitrogens with zero attached hydrogens (tertiary/aromatic N) is 2. The monoisotopic (exact) mass is 639 g/mol. The first-order chi connectivity index (χ1) is 22.2. The molecule has 0 bridgehead atoms. The van der Waals surface area contributed by atoms with Gasteiger partial charge >= 0.3 is 0 Å². The number of aryl methyl sites for hydroxylation is 1. The molecule has 5 rings (SSSR count). The van der Waals surface area contributed by atoms with Crippen molar-refractivity contribution in [3.63, 3.8) is 0 Å². The van der Waals surface area contributed by atoms with Gasteiger partial charge in [-0.2, -0.15) is 0 Å². The van der Waals surface area contributed by atoms with Crippen LogP contribution in [-0.2, 0) is 26.2 Å². The molecule has 9 heteroatoms. The van der Waals surface area contributed by atoms with Crippen molar-refractivity contribution in [1.29, 1.82) is 0 Å². The van der Waals surface area contributed by atoms with Crippen molar-refractivity contribution in [3.05, 3.63) is 120 Å². The van der Waals surface area contributed by atoms with Gasteiger partial charge in [-0.25, -0.2) is 8.42 Å². The SMILES string of the molecule is Cc1ccc(CN(C(=O)CN(c2ccc(Oc3ccccc3)cc2)S(=O)(=O)c2ccccc2)[C@H](C)C(=O)NC2CCCCC2)cc1. The van der Waals surface area contributed by atoms with Crippen LogP contribution in [0.3, 0.4) is 0 Å². The number of amides is 2. The zero-order valence-corrected chi connectivity index (χ0v) is 27.2. The Bertz CT molecular complexity index is 1690. The van der Waals surface area contributed by atoms with Gasteiger partial charge in [-0.1, -0.05) is 85.5 Å². The summed E-state index contributed by atoms with van der Waals surface area (Å²) in [5, 5.41) is 3.14. The molecule has 240 valence electrons. The standard InChI is InChI=1S/C37H41N3O5S/c1-28-18-20-30(21-19-28)26-39(29(2)37(42)38-31-12-6-3-7-13-31)36(41)27-40(46(43,44)35-16-10-5-11-17-35)32-22-24-34(25-23-32)45-33-14-8-4-9-15-33/h4-5,8-11,14-25,29,31H,3,6-7,12-13,26-27H2,1-2H3,(H,38,42)/t29-/m1/s1. The fourth-order valence-corrected chi connectivity index (χ4v) is 7.03. The molecule has 1 fully saturated rings. The van der Waals surface area contributed by atoms with Crippen molar-refractivity contribution in [2.24, 2.45) is 0 Å². The molecule has 4 aromatic rings. The molecule has 46 heavy (non-hydrogen) atoms. The van der Waals surface area contributed by atoms with Crippen molar-refractivity contribution in [3.8, 4) is 11.5 Å². The largest absolute Gasteiger partial charge is 0.457 e. The van der Waals surface area contributed by atoms with Crippen LogP contribution in [0, 0.1) is 6.92 Å². The molecule has 1 saturated carbocycles. The van der Waals surface area contributed by atoms with Gasteiger partial charge in [-0.3, -0.25) is 13.9 Å². The molecule has 0 radical (unpaired) electrons. The highest BCUT2D eigenvalue weighted by atomic mass is 32.2. The van der Waals surface area contributed by atoms with Gasteiger partial charge in [0.2, 0.25) is 11.8 Å². The second kappa shape index (κ2) is 15.1. The lowest BCUT2D eigenvalue weighted by molar-refractivity contribution is -0.139. The van der Waals surface area contributed by atoms with E-state index in [0.717, 1.165) is 47.5 Å². The molecule has 2 amide bonds. The van der Waals surface area contributed by atoms with Crippen LogP contribution in [0.2, 0.25) is 0 Å². The van der Waals surface area contributed by atoms with Gasteiger partial charge in [0.05, 0.1) is 10.6 Å². The first-order valence-corrected chi connectivity index (χ1v) is 17.2. The Morgan fingerprint density at radius 2 is 1.39 bits per heavy atom. The third-order valence-electron chi connectivity index (χ3n) is 8.31. The van der Waals surface area contributed by atoms with Gasteiger partial charge < -0.3 is 15.0 Å². The Kier molecular flexibility index (Phi) is 10.8. The van der Waals surface area contributed by atoms with Crippen molar-refractivity contribution in [1.82, 2.24) is 10.2 Å². The van der Waals surface area contributed by atoms with E-state index in [0.29, 0.717) is 17.2 Å². The maximum absolute atomic E-state index is 14.2. The minimum absolute atomic E-state index is 0.0561. The Morgan fingerprint density at radius 3 is 2.02 bits per heavy atom. The Labute approximate surface area is 272 Å². The Balaban J connectivity index is 1.45. The van der Waals surface area contributed by atoms with E-state index in [9.17, 15) is 18.0 Å². The molecule has 0 aliphatic heterocycles. The van der Waals surface area contributed by atoms with E-state index >= 15 is 0 Å². The lowest BCUT2D eigenvalue weighted by Crippen LogP contribution is -2.53. The van der Waals surface area contributed by atoms with Gasteiger partial charge in [0.25, 0.3) is 10.0 Å². The number of nitrogens with one attached hydrogen (secondary N) is 1. The molecule has 0 aromatic heterocycles. The number of carbonyl (C=O) groups excluding carboxylic acids is 2. The number of hydrogen-bond acceptors (Lipinski definition) is 5. The quantitative estimate of drug-likeness (QED) is 0.183. The van der Waals surface area contributed by atoms with Crippen LogP contribution >= 0.6 is 0 Å².